The summed E-state index contributed by atoms with van der Waals surface area (Å²) in [6.07, 6.45) is -2.44. The van der Waals surface area contributed by atoms with Gasteiger partial charge in [0.15, 0.2) is 0 Å². The van der Waals surface area contributed by atoms with Crippen LogP contribution < -0.4 is 5.32 Å². The van der Waals surface area contributed by atoms with E-state index in [4.69, 9.17) is 0 Å². The third-order valence-electron chi connectivity index (χ3n) is 2.64. The molecule has 0 aromatic carbocycles. The highest BCUT2D eigenvalue weighted by Crippen LogP contribution is 2.18. The van der Waals surface area contributed by atoms with Gasteiger partial charge in [0.2, 0.25) is 0 Å². The van der Waals surface area contributed by atoms with Crippen molar-refractivity contribution in [3.05, 3.63) is 0 Å². The minimum absolute atomic E-state index is 0.0432. The van der Waals surface area contributed by atoms with Crippen molar-refractivity contribution in [1.82, 2.24) is 10.2 Å². The summed E-state index contributed by atoms with van der Waals surface area (Å²) in [5.74, 6) is 0. The van der Waals surface area contributed by atoms with Crippen molar-refractivity contribution < 1.29 is 13.2 Å². The van der Waals surface area contributed by atoms with Crippen LogP contribution in [0.1, 0.15) is 40.5 Å². The predicted molar refractivity (Wildman–Crippen MR) is 65.1 cm³/mol. The molecule has 1 N–H and O–H groups in total. The van der Waals surface area contributed by atoms with Gasteiger partial charge in [0, 0.05) is 11.6 Å². The number of halogens is 3. The smallest absolute Gasteiger partial charge is 0.312 e. The Hall–Kier alpha value is -0.290. The molecule has 0 aliphatic heterocycles. The maximum absolute atomic E-state index is 12.2. The standard InChI is InChI=1S/C12H25F3N2/c1-10(17(5)9-12(13,14)15)7-6-8-16-11(2,3)4/h10,16H,6-9H2,1-5H3. The highest BCUT2D eigenvalue weighted by atomic mass is 19.4. The Balaban J connectivity index is 3.75. The summed E-state index contributed by atoms with van der Waals surface area (Å²) in [5.41, 5.74) is 0.0705. The summed E-state index contributed by atoms with van der Waals surface area (Å²) in [7, 11) is 1.52. The second-order valence-electron chi connectivity index (χ2n) is 5.70. The lowest BCUT2D eigenvalue weighted by Crippen LogP contribution is -2.39. The summed E-state index contributed by atoms with van der Waals surface area (Å²) in [4.78, 5) is 1.36. The van der Waals surface area contributed by atoms with Crippen LogP contribution in [0.2, 0.25) is 0 Å². The van der Waals surface area contributed by atoms with Crippen LogP contribution in [0.25, 0.3) is 0 Å². The Morgan fingerprint density at radius 3 is 2.12 bits per heavy atom. The lowest BCUT2D eigenvalue weighted by atomic mass is 10.1. The quantitative estimate of drug-likeness (QED) is 0.733. The molecule has 0 saturated heterocycles. The van der Waals surface area contributed by atoms with Crippen molar-refractivity contribution in [2.24, 2.45) is 0 Å². The first-order valence-corrected chi connectivity index (χ1v) is 6.03. The van der Waals surface area contributed by atoms with Gasteiger partial charge in [-0.25, -0.2) is 0 Å². The summed E-state index contributed by atoms with van der Waals surface area (Å²) in [6, 6.07) is -0.0432. The van der Waals surface area contributed by atoms with Crippen molar-refractivity contribution in [2.45, 2.75) is 58.3 Å². The molecule has 0 fully saturated rings. The fourth-order valence-corrected chi connectivity index (χ4v) is 1.52. The number of rotatable bonds is 6. The van der Waals surface area contributed by atoms with E-state index in [-0.39, 0.29) is 11.6 Å². The summed E-state index contributed by atoms with van der Waals surface area (Å²) >= 11 is 0. The molecule has 0 aliphatic rings. The fourth-order valence-electron chi connectivity index (χ4n) is 1.52. The van der Waals surface area contributed by atoms with Crippen molar-refractivity contribution in [1.29, 1.82) is 0 Å². The van der Waals surface area contributed by atoms with Crippen LogP contribution in [0.15, 0.2) is 0 Å². The molecule has 0 heterocycles. The predicted octanol–water partition coefficient (Wildman–Crippen LogP) is 3.04. The van der Waals surface area contributed by atoms with Gasteiger partial charge in [-0.05, 0) is 54.1 Å². The third kappa shape index (κ3) is 10.6. The molecule has 1 atom stereocenters. The zero-order valence-electron chi connectivity index (χ0n) is 11.5. The molecular formula is C12H25F3N2. The highest BCUT2D eigenvalue weighted by molar-refractivity contribution is 4.72. The van der Waals surface area contributed by atoms with Gasteiger partial charge in [-0.15, -0.1) is 0 Å². The van der Waals surface area contributed by atoms with Gasteiger partial charge >= 0.3 is 6.18 Å². The van der Waals surface area contributed by atoms with Crippen LogP contribution in [-0.2, 0) is 0 Å². The van der Waals surface area contributed by atoms with Crippen LogP contribution in [0.4, 0.5) is 13.2 Å². The zero-order chi connectivity index (χ0) is 13.7. The molecule has 0 aromatic rings. The molecule has 5 heteroatoms. The third-order valence-corrected chi connectivity index (χ3v) is 2.64. The molecule has 2 nitrogen and oxygen atoms in total. The molecule has 0 amide bonds. The van der Waals surface area contributed by atoms with Gasteiger partial charge in [0.05, 0.1) is 6.54 Å². The normalized spacial score (nSPS) is 15.4. The van der Waals surface area contributed by atoms with E-state index in [2.05, 4.69) is 26.1 Å². The Kier molecular flexibility index (Phi) is 6.48. The lowest BCUT2D eigenvalue weighted by Gasteiger charge is -2.26. The first-order chi connectivity index (χ1) is 7.51. The first kappa shape index (κ1) is 16.7. The number of nitrogens with one attached hydrogen (secondary N) is 1. The average molecular weight is 254 g/mol. The van der Waals surface area contributed by atoms with Gasteiger partial charge in [0.1, 0.15) is 0 Å². The molecule has 0 spiro atoms. The fraction of sp³-hybridized carbons (Fsp3) is 1.00. The van der Waals surface area contributed by atoms with E-state index in [1.807, 2.05) is 6.92 Å². The van der Waals surface area contributed by atoms with Crippen LogP contribution in [0.3, 0.4) is 0 Å². The second kappa shape index (κ2) is 6.59. The summed E-state index contributed by atoms with van der Waals surface area (Å²) in [5, 5.41) is 3.32. The van der Waals surface area contributed by atoms with E-state index >= 15 is 0 Å². The summed E-state index contributed by atoms with van der Waals surface area (Å²) < 4.78 is 36.5. The topological polar surface area (TPSA) is 15.3 Å². The van der Waals surface area contributed by atoms with E-state index < -0.39 is 12.7 Å². The van der Waals surface area contributed by atoms with E-state index in [9.17, 15) is 13.2 Å². The monoisotopic (exact) mass is 254 g/mol. The van der Waals surface area contributed by atoms with E-state index in [0.29, 0.717) is 0 Å². The van der Waals surface area contributed by atoms with Crippen LogP contribution in [0.5, 0.6) is 0 Å². The molecule has 0 bridgehead atoms. The Bertz CT molecular complexity index is 209. The van der Waals surface area contributed by atoms with Crippen molar-refractivity contribution in [2.75, 3.05) is 20.1 Å². The van der Waals surface area contributed by atoms with Crippen LogP contribution in [0, 0.1) is 0 Å². The van der Waals surface area contributed by atoms with Gasteiger partial charge in [0.25, 0.3) is 0 Å². The molecule has 104 valence electrons. The number of hydrogen-bond acceptors (Lipinski definition) is 2. The molecule has 17 heavy (non-hydrogen) atoms. The van der Waals surface area contributed by atoms with Gasteiger partial charge in [-0.2, -0.15) is 13.2 Å². The van der Waals surface area contributed by atoms with Gasteiger partial charge < -0.3 is 5.32 Å². The molecular weight excluding hydrogens is 229 g/mol. The van der Waals surface area contributed by atoms with Crippen molar-refractivity contribution in [3.8, 4) is 0 Å². The maximum Gasteiger partial charge on any atom is 0.401 e. The zero-order valence-corrected chi connectivity index (χ0v) is 11.5. The van der Waals surface area contributed by atoms with Gasteiger partial charge in [-0.1, -0.05) is 0 Å². The maximum atomic E-state index is 12.2. The minimum atomic E-state index is -4.10. The highest BCUT2D eigenvalue weighted by Gasteiger charge is 2.30. The summed E-state index contributed by atoms with van der Waals surface area (Å²) in [6.45, 7) is 8.07. The van der Waals surface area contributed by atoms with Crippen molar-refractivity contribution >= 4 is 0 Å². The Labute approximate surface area is 103 Å². The van der Waals surface area contributed by atoms with Crippen LogP contribution >= 0.6 is 0 Å². The van der Waals surface area contributed by atoms with E-state index in [0.717, 1.165) is 19.4 Å². The second-order valence-corrected chi connectivity index (χ2v) is 5.70. The van der Waals surface area contributed by atoms with Crippen LogP contribution in [-0.4, -0.2) is 42.8 Å². The van der Waals surface area contributed by atoms with E-state index in [1.165, 1.54) is 11.9 Å². The average Bonchev–Trinajstić information content (AvgIpc) is 2.07. The van der Waals surface area contributed by atoms with Crippen molar-refractivity contribution in [3.63, 3.8) is 0 Å². The molecule has 1 unspecified atom stereocenters. The Morgan fingerprint density at radius 2 is 1.71 bits per heavy atom. The molecule has 0 radical (unpaired) electrons. The minimum Gasteiger partial charge on any atom is -0.312 e. The number of nitrogens with zero attached hydrogens (tertiary/aromatic N) is 1. The van der Waals surface area contributed by atoms with E-state index in [1.54, 1.807) is 0 Å². The van der Waals surface area contributed by atoms with Gasteiger partial charge in [-0.3, -0.25) is 4.90 Å². The lowest BCUT2D eigenvalue weighted by molar-refractivity contribution is -0.147. The number of alkyl halides is 3. The molecule has 0 aliphatic carbocycles. The molecule has 0 rings (SSSR count). The number of hydrogen-bond donors (Lipinski definition) is 1. The Morgan fingerprint density at radius 1 is 1.18 bits per heavy atom. The molecule has 0 aromatic heterocycles. The SMILES string of the molecule is CC(CCCNC(C)(C)C)N(C)CC(F)(F)F. The largest absolute Gasteiger partial charge is 0.401 e. The molecule has 0 saturated carbocycles. The first-order valence-electron chi connectivity index (χ1n) is 6.03.